The zero-order chi connectivity index (χ0) is 24.4. The molecule has 2 atom stereocenters. The maximum absolute atomic E-state index is 13.8. The van der Waals surface area contributed by atoms with Crippen molar-refractivity contribution in [3.63, 3.8) is 0 Å². The Morgan fingerprint density at radius 1 is 0.943 bits per heavy atom. The molecule has 1 aliphatic heterocycles. The summed E-state index contributed by atoms with van der Waals surface area (Å²) < 4.78 is 10.7. The summed E-state index contributed by atoms with van der Waals surface area (Å²) in [5.41, 5.74) is 7.26. The van der Waals surface area contributed by atoms with E-state index in [1.54, 1.807) is 36.4 Å². The smallest absolute Gasteiger partial charge is 0.251 e. The average Bonchev–Trinajstić information content (AvgIpc) is 3.56. The van der Waals surface area contributed by atoms with E-state index in [1.165, 1.54) is 0 Å². The Morgan fingerprint density at radius 2 is 1.74 bits per heavy atom. The van der Waals surface area contributed by atoms with Crippen LogP contribution in [0.1, 0.15) is 64.8 Å². The first kappa shape index (κ1) is 23.2. The van der Waals surface area contributed by atoms with Gasteiger partial charge in [0.05, 0.1) is 5.92 Å². The van der Waals surface area contributed by atoms with Crippen LogP contribution in [0.15, 0.2) is 42.5 Å². The minimum atomic E-state index is -0.481. The molecule has 8 heteroatoms. The van der Waals surface area contributed by atoms with Crippen LogP contribution in [-0.4, -0.2) is 42.0 Å². The number of carbonyl (C=O) groups excluding carboxylic acids is 3. The van der Waals surface area contributed by atoms with E-state index >= 15 is 0 Å². The number of nitrogens with two attached hydrogens (primary N) is 1. The minimum absolute atomic E-state index is 0.0667. The van der Waals surface area contributed by atoms with Gasteiger partial charge < -0.3 is 25.4 Å². The van der Waals surface area contributed by atoms with Gasteiger partial charge in [-0.2, -0.15) is 0 Å². The zero-order valence-electron chi connectivity index (χ0n) is 19.7. The Bertz CT molecular complexity index is 1130. The van der Waals surface area contributed by atoms with Gasteiger partial charge in [-0.3, -0.25) is 14.4 Å². The summed E-state index contributed by atoms with van der Waals surface area (Å²) >= 11 is 0. The SMILES string of the molecule is NC(=O)c1cccc(CN(CC2CC2)C(=O)[C@@H]2CCCC[C@@H]2NC(=O)c2ccc3c(c2)OCO3)c1. The van der Waals surface area contributed by atoms with Crippen LogP contribution in [0.2, 0.25) is 0 Å². The Morgan fingerprint density at radius 3 is 2.54 bits per heavy atom. The van der Waals surface area contributed by atoms with Crippen LogP contribution in [0, 0.1) is 11.8 Å². The molecule has 2 fully saturated rings. The van der Waals surface area contributed by atoms with Crippen molar-refractivity contribution in [3.05, 3.63) is 59.2 Å². The van der Waals surface area contributed by atoms with Crippen molar-refractivity contribution >= 4 is 17.7 Å². The first-order valence-electron chi connectivity index (χ1n) is 12.4. The molecule has 0 radical (unpaired) electrons. The average molecular weight is 478 g/mol. The number of primary amides is 1. The van der Waals surface area contributed by atoms with E-state index in [4.69, 9.17) is 15.2 Å². The molecule has 1 heterocycles. The van der Waals surface area contributed by atoms with Gasteiger partial charge in [-0.1, -0.05) is 25.0 Å². The summed E-state index contributed by atoms with van der Waals surface area (Å²) in [5.74, 6) is 0.799. The van der Waals surface area contributed by atoms with Crippen LogP contribution in [0.4, 0.5) is 0 Å². The lowest BCUT2D eigenvalue weighted by molar-refractivity contribution is -0.138. The van der Waals surface area contributed by atoms with Crippen molar-refractivity contribution in [2.24, 2.45) is 17.6 Å². The number of hydrogen-bond donors (Lipinski definition) is 2. The molecule has 0 unspecified atom stereocenters. The quantitative estimate of drug-likeness (QED) is 0.606. The van der Waals surface area contributed by atoms with Gasteiger partial charge in [-0.15, -0.1) is 0 Å². The van der Waals surface area contributed by atoms with Crippen LogP contribution >= 0.6 is 0 Å². The molecule has 0 bridgehead atoms. The van der Waals surface area contributed by atoms with Crippen LogP contribution in [-0.2, 0) is 11.3 Å². The van der Waals surface area contributed by atoms with Crippen molar-refractivity contribution in [1.82, 2.24) is 10.2 Å². The molecule has 3 amide bonds. The van der Waals surface area contributed by atoms with E-state index in [0.717, 1.165) is 44.1 Å². The molecule has 2 saturated carbocycles. The summed E-state index contributed by atoms with van der Waals surface area (Å²) in [7, 11) is 0. The summed E-state index contributed by atoms with van der Waals surface area (Å²) in [6, 6.07) is 12.1. The highest BCUT2D eigenvalue weighted by molar-refractivity contribution is 5.95. The van der Waals surface area contributed by atoms with E-state index in [2.05, 4.69) is 5.32 Å². The highest BCUT2D eigenvalue weighted by Gasteiger charge is 2.37. The van der Waals surface area contributed by atoms with Crippen molar-refractivity contribution in [2.45, 2.75) is 51.1 Å². The number of amides is 3. The van der Waals surface area contributed by atoms with Gasteiger partial charge in [0.2, 0.25) is 18.6 Å². The Kier molecular flexibility index (Phi) is 6.61. The topological polar surface area (TPSA) is 111 Å². The van der Waals surface area contributed by atoms with Gasteiger partial charge in [0.1, 0.15) is 0 Å². The number of nitrogens with one attached hydrogen (secondary N) is 1. The maximum Gasteiger partial charge on any atom is 0.251 e. The standard InChI is InChI=1S/C27H31N3O5/c28-25(31)19-5-3-4-18(12-19)15-30(14-17-8-9-17)27(33)21-6-1-2-7-22(21)29-26(32)20-10-11-23-24(13-20)35-16-34-23/h3-5,10-13,17,21-22H,1-2,6-9,14-16H2,(H2,28,31)(H,29,32)/t21-,22+/m1/s1. The van der Waals surface area contributed by atoms with Crippen molar-refractivity contribution in [1.29, 1.82) is 0 Å². The second kappa shape index (κ2) is 9.98. The molecule has 184 valence electrons. The molecule has 8 nitrogen and oxygen atoms in total. The van der Waals surface area contributed by atoms with Crippen molar-refractivity contribution in [2.75, 3.05) is 13.3 Å². The molecule has 2 aliphatic carbocycles. The normalized spacial score (nSPS) is 20.8. The third kappa shape index (κ3) is 5.42. The summed E-state index contributed by atoms with van der Waals surface area (Å²) in [5, 5.41) is 3.13. The molecule has 2 aromatic rings. The molecular formula is C27H31N3O5. The van der Waals surface area contributed by atoms with Gasteiger partial charge >= 0.3 is 0 Å². The van der Waals surface area contributed by atoms with Crippen LogP contribution in [0.5, 0.6) is 11.5 Å². The van der Waals surface area contributed by atoms with E-state index < -0.39 is 5.91 Å². The number of fused-ring (bicyclic) bond motifs is 1. The first-order valence-corrected chi connectivity index (χ1v) is 12.4. The lowest BCUT2D eigenvalue weighted by Gasteiger charge is -2.35. The fourth-order valence-electron chi connectivity index (χ4n) is 5.01. The van der Waals surface area contributed by atoms with Gasteiger partial charge in [0.25, 0.3) is 5.91 Å². The van der Waals surface area contributed by atoms with Gasteiger partial charge in [-0.05, 0) is 67.5 Å². The number of benzene rings is 2. The predicted octanol–water partition coefficient (Wildman–Crippen LogP) is 3.24. The number of nitrogens with zero attached hydrogens (tertiary/aromatic N) is 1. The summed E-state index contributed by atoms with van der Waals surface area (Å²) in [6.45, 7) is 1.27. The van der Waals surface area contributed by atoms with E-state index in [9.17, 15) is 14.4 Å². The molecule has 0 saturated heterocycles. The van der Waals surface area contributed by atoms with Gasteiger partial charge in [-0.25, -0.2) is 0 Å². The number of carbonyl (C=O) groups is 3. The van der Waals surface area contributed by atoms with Crippen molar-refractivity contribution < 1.29 is 23.9 Å². The third-order valence-electron chi connectivity index (χ3n) is 7.11. The molecular weight excluding hydrogens is 446 g/mol. The van der Waals surface area contributed by atoms with E-state index in [1.807, 2.05) is 11.0 Å². The molecule has 35 heavy (non-hydrogen) atoms. The fourth-order valence-corrected chi connectivity index (χ4v) is 5.01. The van der Waals surface area contributed by atoms with Crippen molar-refractivity contribution in [3.8, 4) is 11.5 Å². The molecule has 2 aromatic carbocycles. The lowest BCUT2D eigenvalue weighted by Crippen LogP contribution is -2.49. The predicted molar refractivity (Wildman–Crippen MR) is 129 cm³/mol. The molecule has 0 aromatic heterocycles. The second-order valence-electron chi connectivity index (χ2n) is 9.77. The Balaban J connectivity index is 1.31. The van der Waals surface area contributed by atoms with Crippen LogP contribution in [0.3, 0.4) is 0 Å². The minimum Gasteiger partial charge on any atom is -0.454 e. The zero-order valence-corrected chi connectivity index (χ0v) is 19.7. The Labute approximate surface area is 204 Å². The number of rotatable bonds is 8. The fraction of sp³-hybridized carbons (Fsp3) is 0.444. The summed E-state index contributed by atoms with van der Waals surface area (Å²) in [6.07, 6.45) is 5.69. The highest BCUT2D eigenvalue weighted by atomic mass is 16.7. The monoisotopic (exact) mass is 477 g/mol. The lowest BCUT2D eigenvalue weighted by atomic mass is 9.83. The summed E-state index contributed by atoms with van der Waals surface area (Å²) in [4.78, 5) is 40.4. The van der Waals surface area contributed by atoms with Gasteiger partial charge in [0, 0.05) is 30.3 Å². The highest BCUT2D eigenvalue weighted by Crippen LogP contribution is 2.34. The molecule has 3 N–H and O–H groups in total. The van der Waals surface area contributed by atoms with E-state index in [0.29, 0.717) is 41.6 Å². The van der Waals surface area contributed by atoms with Crippen LogP contribution in [0.25, 0.3) is 0 Å². The second-order valence-corrected chi connectivity index (χ2v) is 9.77. The molecule has 5 rings (SSSR count). The molecule has 0 spiro atoms. The first-order chi connectivity index (χ1) is 17.0. The Hall–Kier alpha value is -3.55. The number of hydrogen-bond acceptors (Lipinski definition) is 5. The van der Waals surface area contributed by atoms with Gasteiger partial charge in [0.15, 0.2) is 11.5 Å². The third-order valence-corrected chi connectivity index (χ3v) is 7.11. The largest absolute Gasteiger partial charge is 0.454 e. The van der Waals surface area contributed by atoms with E-state index in [-0.39, 0.29) is 30.6 Å². The maximum atomic E-state index is 13.8. The number of ether oxygens (including phenoxy) is 2. The molecule has 3 aliphatic rings. The van der Waals surface area contributed by atoms with Crippen LogP contribution < -0.4 is 20.5 Å².